The molecule has 0 fully saturated rings. The molecule has 0 aliphatic heterocycles. The summed E-state index contributed by atoms with van der Waals surface area (Å²) in [7, 11) is 2.87. The minimum absolute atomic E-state index is 0.577. The van der Waals surface area contributed by atoms with Crippen molar-refractivity contribution in [2.75, 3.05) is 20.4 Å². The van der Waals surface area contributed by atoms with E-state index in [1.54, 1.807) is 14.2 Å². The third kappa shape index (κ3) is 7.02. The Morgan fingerprint density at radius 3 is 2.00 bits per heavy atom. The van der Waals surface area contributed by atoms with E-state index >= 15 is 0 Å². The van der Waals surface area contributed by atoms with Gasteiger partial charge in [0.05, 0.1) is 0 Å². The van der Waals surface area contributed by atoms with Crippen molar-refractivity contribution in [3.05, 3.63) is 0 Å². The highest BCUT2D eigenvalue weighted by molar-refractivity contribution is 7.47. The Hall–Kier alpha value is 0.350. The summed E-state index contributed by atoms with van der Waals surface area (Å²) < 4.78 is 10.3. The van der Waals surface area contributed by atoms with Gasteiger partial charge in [0, 0.05) is 20.4 Å². The van der Waals surface area contributed by atoms with E-state index in [0.29, 0.717) is 0 Å². The van der Waals surface area contributed by atoms with Gasteiger partial charge in [-0.2, -0.15) is 0 Å². The lowest BCUT2D eigenvalue weighted by Gasteiger charge is -2.10. The van der Waals surface area contributed by atoms with Crippen LogP contribution < -0.4 is 0 Å². The summed E-state index contributed by atoms with van der Waals surface area (Å²) in [5, 5.41) is 0. The number of hydrogen-bond acceptors (Lipinski definition) is 2. The van der Waals surface area contributed by atoms with Crippen molar-refractivity contribution < 1.29 is 9.05 Å². The highest BCUT2D eigenvalue weighted by Gasteiger charge is 2.04. The second kappa shape index (κ2) is 9.44. The molecule has 0 aliphatic rings. The summed E-state index contributed by atoms with van der Waals surface area (Å²) in [5.41, 5.74) is 0. The first-order chi connectivity index (χ1) is 5.85. The molecule has 3 heteroatoms. The van der Waals surface area contributed by atoms with Crippen LogP contribution in [0.25, 0.3) is 0 Å². The van der Waals surface area contributed by atoms with E-state index in [0.717, 1.165) is 6.16 Å². The van der Waals surface area contributed by atoms with E-state index in [-0.39, 0.29) is 0 Å². The maximum atomic E-state index is 5.15. The van der Waals surface area contributed by atoms with Gasteiger partial charge in [0.25, 0.3) is 0 Å². The summed E-state index contributed by atoms with van der Waals surface area (Å²) >= 11 is 0. The molecule has 74 valence electrons. The SMILES string of the molecule is CCCCCCCP(OC)OC. The Bertz CT molecular complexity index is 84.6. The lowest BCUT2D eigenvalue weighted by molar-refractivity contribution is 0.339. The van der Waals surface area contributed by atoms with Crippen molar-refractivity contribution in [1.82, 2.24) is 0 Å². The first-order valence-corrected chi connectivity index (χ1v) is 6.07. The quantitative estimate of drug-likeness (QED) is 0.432. The van der Waals surface area contributed by atoms with Crippen LogP contribution in [0.3, 0.4) is 0 Å². The van der Waals surface area contributed by atoms with Crippen LogP contribution in [-0.4, -0.2) is 20.4 Å². The van der Waals surface area contributed by atoms with Crippen LogP contribution in [-0.2, 0) is 9.05 Å². The number of unbranched alkanes of at least 4 members (excludes halogenated alkanes) is 4. The van der Waals surface area contributed by atoms with Gasteiger partial charge in [0.1, 0.15) is 0 Å². The summed E-state index contributed by atoms with van der Waals surface area (Å²) in [6, 6.07) is 0. The van der Waals surface area contributed by atoms with Crippen LogP contribution in [0.4, 0.5) is 0 Å². The van der Waals surface area contributed by atoms with Gasteiger partial charge in [-0.1, -0.05) is 32.6 Å². The first-order valence-electron chi connectivity index (χ1n) is 4.70. The summed E-state index contributed by atoms with van der Waals surface area (Å²) in [4.78, 5) is 0. The lowest BCUT2D eigenvalue weighted by Crippen LogP contribution is -1.89. The molecule has 0 aliphatic carbocycles. The monoisotopic (exact) mass is 192 g/mol. The zero-order chi connectivity index (χ0) is 9.23. The lowest BCUT2D eigenvalue weighted by atomic mass is 10.2. The van der Waals surface area contributed by atoms with Gasteiger partial charge >= 0.3 is 0 Å². The van der Waals surface area contributed by atoms with E-state index in [1.807, 2.05) is 0 Å². The minimum atomic E-state index is -0.577. The Balaban J connectivity index is 3.06. The molecule has 0 spiro atoms. The van der Waals surface area contributed by atoms with Gasteiger partial charge in [-0.25, -0.2) is 0 Å². The fraction of sp³-hybridized carbons (Fsp3) is 1.00. The topological polar surface area (TPSA) is 18.5 Å². The molecule has 0 atom stereocenters. The molecule has 0 saturated carbocycles. The fourth-order valence-corrected chi connectivity index (χ4v) is 2.10. The van der Waals surface area contributed by atoms with E-state index in [4.69, 9.17) is 9.05 Å². The molecule has 0 heterocycles. The molecule has 0 aromatic rings. The number of hydrogen-bond donors (Lipinski definition) is 0. The molecule has 0 bridgehead atoms. The maximum Gasteiger partial charge on any atom is 0.169 e. The summed E-state index contributed by atoms with van der Waals surface area (Å²) in [5.74, 6) is 0. The molecule has 0 aromatic carbocycles. The van der Waals surface area contributed by atoms with Crippen LogP contribution in [0.5, 0.6) is 0 Å². The van der Waals surface area contributed by atoms with E-state index in [9.17, 15) is 0 Å². The normalized spacial score (nSPS) is 11.0. The highest BCUT2D eigenvalue weighted by Crippen LogP contribution is 2.36. The van der Waals surface area contributed by atoms with Crippen LogP contribution in [0.1, 0.15) is 39.0 Å². The van der Waals surface area contributed by atoms with Gasteiger partial charge < -0.3 is 9.05 Å². The van der Waals surface area contributed by atoms with E-state index in [2.05, 4.69) is 6.92 Å². The standard InChI is InChI=1S/C9H21O2P/c1-4-5-6-7-8-9-12(10-2)11-3/h4-9H2,1-3H3. The maximum absolute atomic E-state index is 5.15. The van der Waals surface area contributed by atoms with Crippen molar-refractivity contribution in [3.63, 3.8) is 0 Å². The van der Waals surface area contributed by atoms with Crippen molar-refractivity contribution in [1.29, 1.82) is 0 Å². The third-order valence-corrected chi connectivity index (χ3v) is 3.35. The molecule has 0 radical (unpaired) electrons. The zero-order valence-electron chi connectivity index (χ0n) is 8.51. The molecular formula is C9H21O2P. The van der Waals surface area contributed by atoms with Gasteiger partial charge in [0.15, 0.2) is 8.38 Å². The van der Waals surface area contributed by atoms with Crippen molar-refractivity contribution in [3.8, 4) is 0 Å². The molecule has 0 unspecified atom stereocenters. The largest absolute Gasteiger partial charge is 0.337 e. The second-order valence-corrected chi connectivity index (χ2v) is 4.68. The second-order valence-electron chi connectivity index (χ2n) is 2.84. The molecular weight excluding hydrogens is 171 g/mol. The van der Waals surface area contributed by atoms with Crippen LogP contribution in [0.2, 0.25) is 0 Å². The molecule has 0 saturated heterocycles. The van der Waals surface area contributed by atoms with Crippen LogP contribution >= 0.6 is 8.38 Å². The van der Waals surface area contributed by atoms with Gasteiger partial charge in [0.2, 0.25) is 0 Å². The first kappa shape index (κ1) is 12.3. The fourth-order valence-electron chi connectivity index (χ4n) is 1.10. The Kier molecular flexibility index (Phi) is 9.71. The third-order valence-electron chi connectivity index (χ3n) is 1.85. The van der Waals surface area contributed by atoms with Crippen molar-refractivity contribution in [2.24, 2.45) is 0 Å². The van der Waals surface area contributed by atoms with Crippen molar-refractivity contribution in [2.45, 2.75) is 39.0 Å². The molecule has 0 N–H and O–H groups in total. The molecule has 0 aromatic heterocycles. The van der Waals surface area contributed by atoms with Crippen LogP contribution in [0.15, 0.2) is 0 Å². The zero-order valence-corrected chi connectivity index (χ0v) is 9.40. The average Bonchev–Trinajstić information content (AvgIpc) is 2.11. The summed E-state index contributed by atoms with van der Waals surface area (Å²) in [6.07, 6.45) is 7.67. The predicted molar refractivity (Wildman–Crippen MR) is 54.6 cm³/mol. The highest BCUT2D eigenvalue weighted by atomic mass is 31.2. The molecule has 12 heavy (non-hydrogen) atoms. The summed E-state index contributed by atoms with van der Waals surface area (Å²) in [6.45, 7) is 2.23. The Morgan fingerprint density at radius 2 is 1.50 bits per heavy atom. The molecule has 2 nitrogen and oxygen atoms in total. The predicted octanol–water partition coefficient (Wildman–Crippen LogP) is 3.56. The molecule has 0 rings (SSSR count). The molecule has 0 amide bonds. The smallest absolute Gasteiger partial charge is 0.169 e. The van der Waals surface area contributed by atoms with Crippen LogP contribution in [0, 0.1) is 0 Å². The van der Waals surface area contributed by atoms with E-state index < -0.39 is 8.38 Å². The average molecular weight is 192 g/mol. The van der Waals surface area contributed by atoms with E-state index in [1.165, 1.54) is 32.1 Å². The van der Waals surface area contributed by atoms with Gasteiger partial charge in [-0.3, -0.25) is 0 Å². The Morgan fingerprint density at radius 1 is 0.917 bits per heavy atom. The van der Waals surface area contributed by atoms with Gasteiger partial charge in [-0.05, 0) is 6.42 Å². The Labute approximate surface area is 77.6 Å². The minimum Gasteiger partial charge on any atom is -0.337 e. The number of rotatable bonds is 8. The van der Waals surface area contributed by atoms with Crippen molar-refractivity contribution >= 4 is 8.38 Å². The van der Waals surface area contributed by atoms with Gasteiger partial charge in [-0.15, -0.1) is 0 Å².